The summed E-state index contributed by atoms with van der Waals surface area (Å²) in [5.41, 5.74) is 0. The summed E-state index contributed by atoms with van der Waals surface area (Å²) in [6, 6.07) is 0. The van der Waals surface area contributed by atoms with Gasteiger partial charge in [0.25, 0.3) is 0 Å². The molecule has 1 saturated heterocycles. The Hall–Kier alpha value is 2.11. The quantitative estimate of drug-likeness (QED) is 0.340. The van der Waals surface area contributed by atoms with Gasteiger partial charge in [0, 0.05) is 0 Å². The van der Waals surface area contributed by atoms with Crippen LogP contribution in [0, 0.1) is 0 Å². The van der Waals surface area contributed by atoms with Crippen molar-refractivity contribution in [2.24, 2.45) is 0 Å². The van der Waals surface area contributed by atoms with Crippen LogP contribution in [0.15, 0.2) is 0 Å². The molecule has 1 aliphatic heterocycles. The van der Waals surface area contributed by atoms with Gasteiger partial charge in [-0.1, -0.05) is 0 Å². The molecule has 1 heterocycles. The van der Waals surface area contributed by atoms with Crippen LogP contribution in [0.3, 0.4) is 0 Å². The molecule has 0 N–H and O–H groups in total. The van der Waals surface area contributed by atoms with E-state index in [0.717, 1.165) is 20.1 Å². The summed E-state index contributed by atoms with van der Waals surface area (Å²) in [6.07, 6.45) is 3.29. The second kappa shape index (κ2) is 10.8. The van der Waals surface area contributed by atoms with Crippen molar-refractivity contribution in [1.29, 1.82) is 0 Å². The molecule has 0 aliphatic carbocycles. The first-order valence-electron chi connectivity index (χ1n) is 6.11. The van der Waals surface area contributed by atoms with Crippen LogP contribution in [0.4, 0.5) is 0 Å². The van der Waals surface area contributed by atoms with Crippen LogP contribution >= 0.6 is 49.3 Å². The minimum atomic E-state index is 0.200. The van der Waals surface area contributed by atoms with Crippen LogP contribution in [-0.4, -0.2) is 53.2 Å². The van der Waals surface area contributed by atoms with E-state index in [0.29, 0.717) is 0 Å². The zero-order valence-electron chi connectivity index (χ0n) is 10.8. The van der Waals surface area contributed by atoms with Gasteiger partial charge in [-0.3, -0.25) is 0 Å². The van der Waals surface area contributed by atoms with E-state index in [1.807, 2.05) is 0 Å². The average molecular weight is 442 g/mol. The van der Waals surface area contributed by atoms with Crippen molar-refractivity contribution in [3.63, 3.8) is 0 Å². The molecule has 4 unspecified atom stereocenters. The monoisotopic (exact) mass is 444 g/mol. The van der Waals surface area contributed by atoms with Crippen LogP contribution in [-0.2, 0) is 8.37 Å². The van der Waals surface area contributed by atoms with Gasteiger partial charge < -0.3 is 0 Å². The van der Waals surface area contributed by atoms with E-state index in [1.165, 1.54) is 17.3 Å². The van der Waals surface area contributed by atoms with Crippen molar-refractivity contribution < 1.29 is 8.37 Å². The van der Waals surface area contributed by atoms with Crippen LogP contribution in [0.2, 0.25) is 4.47 Å². The first-order chi connectivity index (χ1) is 8.65. The third kappa shape index (κ3) is 7.78. The van der Waals surface area contributed by atoms with E-state index in [4.69, 9.17) is 8.37 Å². The van der Waals surface area contributed by atoms with E-state index >= 15 is 0 Å². The Morgan fingerprint density at radius 2 is 1.78 bits per heavy atom. The number of hydrogen-bond acceptors (Lipinski definition) is 6. The van der Waals surface area contributed by atoms with Gasteiger partial charge in [0.2, 0.25) is 0 Å². The fraction of sp³-hybridized carbons (Fsp3) is 1.00. The Kier molecular flexibility index (Phi) is 10.9. The summed E-state index contributed by atoms with van der Waals surface area (Å²) < 4.78 is 12.4. The average Bonchev–Trinajstić information content (AvgIpc) is 2.42. The Bertz CT molecular complexity index is 203. The van der Waals surface area contributed by atoms with Gasteiger partial charge in [-0.05, 0) is 0 Å². The first-order valence-corrected chi connectivity index (χ1v) is 11.9. The van der Waals surface area contributed by atoms with Gasteiger partial charge in [-0.2, -0.15) is 0 Å². The Morgan fingerprint density at radius 1 is 1.17 bits per heavy atom. The second-order valence-corrected chi connectivity index (χ2v) is 12.1. The predicted octanol–water partition coefficient (Wildman–Crippen LogP) is 3.56. The van der Waals surface area contributed by atoms with Crippen molar-refractivity contribution in [2.75, 3.05) is 11.5 Å². The third-order valence-corrected chi connectivity index (χ3v) is 11.2. The summed E-state index contributed by atoms with van der Waals surface area (Å²) in [7, 11) is 0. The maximum absolute atomic E-state index is 5.02. The van der Waals surface area contributed by atoms with Crippen molar-refractivity contribution in [1.82, 2.24) is 0 Å². The van der Waals surface area contributed by atoms with Crippen LogP contribution in [0.1, 0.15) is 26.7 Å². The maximum atomic E-state index is 5.02. The van der Waals surface area contributed by atoms with Gasteiger partial charge in [0.15, 0.2) is 0 Å². The van der Waals surface area contributed by atoms with Crippen LogP contribution in [0.25, 0.3) is 0 Å². The Balaban J connectivity index is 2.19. The molecule has 1 rings (SSSR count). The van der Waals surface area contributed by atoms with E-state index in [9.17, 15) is 0 Å². The fourth-order valence-electron chi connectivity index (χ4n) is 1.57. The number of thioether (sulfide) groups is 2. The standard InChI is InChI=1S/C11H22O2S4Te/c1-8(12-14)6-16-10-3-4-18-11(5-10)17-7-9(2)13-15/h8-11,14-15H,3-7H2,1-2H3. The molecule has 0 bridgehead atoms. The number of hydrogen-bond donors (Lipinski definition) is 2. The molecule has 2 nitrogen and oxygen atoms in total. The van der Waals surface area contributed by atoms with Crippen molar-refractivity contribution in [3.05, 3.63) is 0 Å². The molecule has 1 aliphatic rings. The second-order valence-electron chi connectivity index (χ2n) is 4.45. The summed E-state index contributed by atoms with van der Waals surface area (Å²) in [6.45, 7) is 4.16. The van der Waals surface area contributed by atoms with Gasteiger partial charge in [-0.25, -0.2) is 0 Å². The van der Waals surface area contributed by atoms with E-state index in [1.54, 1.807) is 0 Å². The third-order valence-electron chi connectivity index (χ3n) is 2.64. The predicted molar refractivity (Wildman–Crippen MR) is 91.4 cm³/mol. The first kappa shape index (κ1) is 18.2. The molecule has 1 fully saturated rings. The van der Waals surface area contributed by atoms with Gasteiger partial charge in [0.1, 0.15) is 0 Å². The summed E-state index contributed by atoms with van der Waals surface area (Å²) in [5.74, 6) is 2.13. The molecule has 7 heteroatoms. The summed E-state index contributed by atoms with van der Waals surface area (Å²) in [5, 5.41) is 0.819. The van der Waals surface area contributed by atoms with Gasteiger partial charge in [0.05, 0.1) is 0 Å². The van der Waals surface area contributed by atoms with Crippen LogP contribution < -0.4 is 0 Å². The molecule has 18 heavy (non-hydrogen) atoms. The minimum absolute atomic E-state index is 0.200. The number of thiol groups is 2. The Morgan fingerprint density at radius 3 is 2.39 bits per heavy atom. The van der Waals surface area contributed by atoms with Crippen molar-refractivity contribution in [3.8, 4) is 0 Å². The molecule has 0 aromatic carbocycles. The zero-order valence-corrected chi connectivity index (χ0v) is 16.5. The normalized spacial score (nSPS) is 28.0. The summed E-state index contributed by atoms with van der Waals surface area (Å²) in [4.78, 5) is 0. The van der Waals surface area contributed by atoms with Crippen molar-refractivity contribution >= 4 is 70.3 Å². The van der Waals surface area contributed by atoms with E-state index in [-0.39, 0.29) is 33.1 Å². The van der Waals surface area contributed by atoms with Crippen molar-refractivity contribution in [2.45, 2.75) is 51.9 Å². The van der Waals surface area contributed by atoms with E-state index < -0.39 is 0 Å². The zero-order chi connectivity index (χ0) is 13.4. The summed E-state index contributed by atoms with van der Waals surface area (Å²) >= 11 is 12.1. The van der Waals surface area contributed by atoms with Gasteiger partial charge >= 0.3 is 142 Å². The van der Waals surface area contributed by atoms with E-state index in [2.05, 4.69) is 63.2 Å². The molecule has 0 amide bonds. The number of rotatable bonds is 8. The SMILES string of the molecule is CC(CSC1CC[Te]C(SCC(C)OS)C1)OS. The molecule has 0 spiro atoms. The van der Waals surface area contributed by atoms with Crippen LogP contribution in [0.5, 0.6) is 0 Å². The fourth-order valence-corrected chi connectivity index (χ4v) is 10.3. The molecule has 108 valence electrons. The molecular weight excluding hydrogens is 420 g/mol. The molecule has 0 aromatic rings. The molecular formula is C11H22O2S4Te. The molecule has 0 aromatic heterocycles. The molecule has 0 saturated carbocycles. The molecule has 4 atom stereocenters. The molecule has 0 radical (unpaired) electrons. The van der Waals surface area contributed by atoms with Gasteiger partial charge in [-0.15, -0.1) is 0 Å². The Labute approximate surface area is 141 Å². The topological polar surface area (TPSA) is 18.5 Å².